The zero-order valence-electron chi connectivity index (χ0n) is 15.8. The van der Waals surface area contributed by atoms with E-state index in [4.69, 9.17) is 9.84 Å². The SMILES string of the molecule is CC1(C)CC(OC(=O)CCCCCCCCC(=O)O)CC(C)(C)N1. The maximum absolute atomic E-state index is 12.0. The van der Waals surface area contributed by atoms with Gasteiger partial charge in [-0.25, -0.2) is 0 Å². The summed E-state index contributed by atoms with van der Waals surface area (Å²) in [4.78, 5) is 22.4. The van der Waals surface area contributed by atoms with Crippen molar-refractivity contribution in [1.29, 1.82) is 0 Å². The van der Waals surface area contributed by atoms with E-state index in [0.29, 0.717) is 6.42 Å². The molecule has 0 amide bonds. The van der Waals surface area contributed by atoms with E-state index in [0.717, 1.165) is 51.4 Å². The molecule has 0 aromatic carbocycles. The van der Waals surface area contributed by atoms with Gasteiger partial charge in [0.1, 0.15) is 6.10 Å². The second kappa shape index (κ2) is 9.40. The topological polar surface area (TPSA) is 75.6 Å². The van der Waals surface area contributed by atoms with Crippen LogP contribution in [0.5, 0.6) is 0 Å². The van der Waals surface area contributed by atoms with Gasteiger partial charge in [0.15, 0.2) is 0 Å². The number of ether oxygens (including phenoxy) is 1. The number of hydrogen-bond donors (Lipinski definition) is 2. The number of unbranched alkanes of at least 4 members (excludes halogenated alkanes) is 5. The van der Waals surface area contributed by atoms with Crippen molar-refractivity contribution in [2.24, 2.45) is 0 Å². The van der Waals surface area contributed by atoms with Crippen molar-refractivity contribution in [3.05, 3.63) is 0 Å². The molecule has 2 N–H and O–H groups in total. The minimum Gasteiger partial charge on any atom is -0.481 e. The molecule has 0 saturated carbocycles. The molecule has 1 fully saturated rings. The first-order chi connectivity index (χ1) is 11.1. The summed E-state index contributed by atoms with van der Waals surface area (Å²) in [5, 5.41) is 12.2. The number of esters is 1. The molecular weight excluding hydrogens is 306 g/mol. The molecule has 5 heteroatoms. The van der Waals surface area contributed by atoms with E-state index >= 15 is 0 Å². The van der Waals surface area contributed by atoms with Gasteiger partial charge in [-0.1, -0.05) is 25.7 Å². The number of carbonyl (C=O) groups is 2. The van der Waals surface area contributed by atoms with Crippen molar-refractivity contribution in [2.45, 2.75) is 109 Å². The van der Waals surface area contributed by atoms with Crippen molar-refractivity contribution in [3.8, 4) is 0 Å². The second-order valence-corrected chi connectivity index (χ2v) is 8.43. The van der Waals surface area contributed by atoms with Crippen LogP contribution >= 0.6 is 0 Å². The Hall–Kier alpha value is -1.10. The molecule has 1 saturated heterocycles. The van der Waals surface area contributed by atoms with Crippen molar-refractivity contribution < 1.29 is 19.4 Å². The van der Waals surface area contributed by atoms with Crippen LogP contribution < -0.4 is 5.32 Å². The van der Waals surface area contributed by atoms with Crippen molar-refractivity contribution in [3.63, 3.8) is 0 Å². The number of carboxylic acids is 1. The predicted octanol–water partition coefficient (Wildman–Crippen LogP) is 4.04. The Morgan fingerprint density at radius 2 is 1.38 bits per heavy atom. The van der Waals surface area contributed by atoms with Crippen molar-refractivity contribution >= 4 is 11.9 Å². The maximum atomic E-state index is 12.0. The van der Waals surface area contributed by atoms with Gasteiger partial charge in [0.2, 0.25) is 0 Å². The highest BCUT2D eigenvalue weighted by Crippen LogP contribution is 2.30. The normalized spacial score (nSPS) is 19.8. The lowest BCUT2D eigenvalue weighted by atomic mass is 9.81. The van der Waals surface area contributed by atoms with Gasteiger partial charge in [0.25, 0.3) is 0 Å². The monoisotopic (exact) mass is 341 g/mol. The summed E-state index contributed by atoms with van der Waals surface area (Å²) < 4.78 is 5.69. The average Bonchev–Trinajstić information content (AvgIpc) is 2.37. The Morgan fingerprint density at radius 1 is 0.917 bits per heavy atom. The summed E-state index contributed by atoms with van der Waals surface area (Å²) in [7, 11) is 0. The van der Waals surface area contributed by atoms with Gasteiger partial charge >= 0.3 is 11.9 Å². The summed E-state index contributed by atoms with van der Waals surface area (Å²) in [6, 6.07) is 0. The molecule has 140 valence electrons. The van der Waals surface area contributed by atoms with Crippen LogP contribution in [0.3, 0.4) is 0 Å². The zero-order chi connectivity index (χ0) is 18.2. The quantitative estimate of drug-likeness (QED) is 0.463. The van der Waals surface area contributed by atoms with Crippen molar-refractivity contribution in [2.75, 3.05) is 0 Å². The Kier molecular flexibility index (Phi) is 8.20. The van der Waals surface area contributed by atoms with E-state index in [9.17, 15) is 9.59 Å². The fraction of sp³-hybridized carbons (Fsp3) is 0.895. The summed E-state index contributed by atoms with van der Waals surface area (Å²) >= 11 is 0. The first kappa shape index (κ1) is 20.9. The molecule has 0 aliphatic carbocycles. The van der Waals surface area contributed by atoms with Crippen LogP contribution in [0.2, 0.25) is 0 Å². The number of nitrogens with one attached hydrogen (secondary N) is 1. The van der Waals surface area contributed by atoms with Crippen LogP contribution in [0.1, 0.15) is 91.9 Å². The third-order valence-electron chi connectivity index (χ3n) is 4.47. The van der Waals surface area contributed by atoms with Crippen LogP contribution in [-0.2, 0) is 14.3 Å². The third kappa shape index (κ3) is 9.26. The number of rotatable bonds is 10. The standard InChI is InChI=1S/C19H35NO4/c1-18(2)13-15(14-19(3,4)20-18)24-17(23)12-10-8-6-5-7-9-11-16(21)22/h15,20H,5-14H2,1-4H3,(H,21,22). The van der Waals surface area contributed by atoms with Crippen LogP contribution in [0.4, 0.5) is 0 Å². The molecular formula is C19H35NO4. The molecule has 0 spiro atoms. The highest BCUT2D eigenvalue weighted by atomic mass is 16.5. The minimum atomic E-state index is -0.720. The Labute approximate surface area is 146 Å². The van der Waals surface area contributed by atoms with Crippen LogP contribution in [-0.4, -0.2) is 34.2 Å². The third-order valence-corrected chi connectivity index (χ3v) is 4.47. The number of carbonyl (C=O) groups excluding carboxylic acids is 1. The first-order valence-corrected chi connectivity index (χ1v) is 9.30. The molecule has 0 aromatic rings. The van der Waals surface area contributed by atoms with Gasteiger partial charge in [-0.2, -0.15) is 0 Å². The largest absolute Gasteiger partial charge is 0.481 e. The summed E-state index contributed by atoms with van der Waals surface area (Å²) in [5.74, 6) is -0.804. The highest BCUT2D eigenvalue weighted by Gasteiger charge is 2.39. The molecule has 1 rings (SSSR count). The smallest absolute Gasteiger partial charge is 0.306 e. The number of hydrogen-bond acceptors (Lipinski definition) is 4. The lowest BCUT2D eigenvalue weighted by Crippen LogP contribution is -2.59. The molecule has 0 bridgehead atoms. The van der Waals surface area contributed by atoms with Gasteiger partial charge in [-0.05, 0) is 40.5 Å². The molecule has 0 unspecified atom stereocenters. The molecule has 0 aromatic heterocycles. The minimum absolute atomic E-state index is 0.000214. The second-order valence-electron chi connectivity index (χ2n) is 8.43. The average molecular weight is 341 g/mol. The molecule has 0 atom stereocenters. The van der Waals surface area contributed by atoms with Crippen molar-refractivity contribution in [1.82, 2.24) is 5.32 Å². The van der Waals surface area contributed by atoms with Crippen LogP contribution in [0.15, 0.2) is 0 Å². The summed E-state index contributed by atoms with van der Waals surface area (Å²) in [6.45, 7) is 8.61. The molecule has 5 nitrogen and oxygen atoms in total. The molecule has 1 aliphatic heterocycles. The maximum Gasteiger partial charge on any atom is 0.306 e. The Balaban J connectivity index is 2.12. The summed E-state index contributed by atoms with van der Waals surface area (Å²) in [6.07, 6.45) is 8.11. The van der Waals surface area contributed by atoms with E-state index in [2.05, 4.69) is 33.0 Å². The van der Waals surface area contributed by atoms with E-state index in [1.54, 1.807) is 0 Å². The molecule has 24 heavy (non-hydrogen) atoms. The van der Waals surface area contributed by atoms with Crippen LogP contribution in [0.25, 0.3) is 0 Å². The fourth-order valence-electron chi connectivity index (χ4n) is 3.81. The van der Waals surface area contributed by atoms with Gasteiger partial charge in [0, 0.05) is 36.8 Å². The lowest BCUT2D eigenvalue weighted by Gasteiger charge is -2.45. The predicted molar refractivity (Wildman–Crippen MR) is 95.0 cm³/mol. The number of aliphatic carboxylic acids is 1. The van der Waals surface area contributed by atoms with E-state index < -0.39 is 5.97 Å². The fourth-order valence-corrected chi connectivity index (χ4v) is 3.81. The van der Waals surface area contributed by atoms with Gasteiger partial charge in [0.05, 0.1) is 0 Å². The van der Waals surface area contributed by atoms with E-state index in [1.165, 1.54) is 0 Å². The van der Waals surface area contributed by atoms with E-state index in [1.807, 2.05) is 0 Å². The van der Waals surface area contributed by atoms with Gasteiger partial charge < -0.3 is 15.2 Å². The lowest BCUT2D eigenvalue weighted by molar-refractivity contribution is -0.153. The Morgan fingerprint density at radius 3 is 1.88 bits per heavy atom. The van der Waals surface area contributed by atoms with Gasteiger partial charge in [-0.15, -0.1) is 0 Å². The van der Waals surface area contributed by atoms with Gasteiger partial charge in [-0.3, -0.25) is 9.59 Å². The first-order valence-electron chi connectivity index (χ1n) is 9.30. The number of carboxylic acid groups (broad SMARTS) is 1. The summed E-state index contributed by atoms with van der Waals surface area (Å²) in [5.41, 5.74) is -0.0225. The van der Waals surface area contributed by atoms with E-state index in [-0.39, 0.29) is 29.6 Å². The molecule has 1 heterocycles. The Bertz CT molecular complexity index is 402. The zero-order valence-corrected chi connectivity index (χ0v) is 15.8. The number of piperidine rings is 1. The highest BCUT2D eigenvalue weighted by molar-refractivity contribution is 5.69. The molecule has 0 radical (unpaired) electrons. The molecule has 1 aliphatic rings. The van der Waals surface area contributed by atoms with Crippen LogP contribution in [0, 0.1) is 0 Å².